The predicted molar refractivity (Wildman–Crippen MR) is 97.6 cm³/mol. The van der Waals surface area contributed by atoms with E-state index in [0.717, 1.165) is 4.90 Å². The molecule has 0 amide bonds. The Labute approximate surface area is 155 Å². The Morgan fingerprint density at radius 1 is 1.16 bits per heavy atom. The highest BCUT2D eigenvalue weighted by Gasteiger charge is 2.39. The van der Waals surface area contributed by atoms with E-state index in [-0.39, 0.29) is 17.7 Å². The van der Waals surface area contributed by atoms with Crippen LogP contribution in [0.3, 0.4) is 0 Å². The highest BCUT2D eigenvalue weighted by Crippen LogP contribution is 2.32. The fraction of sp³-hybridized carbons (Fsp3) is 0.353. The average Bonchev–Trinajstić information content (AvgIpc) is 2.55. The molecular weight excluding hydrogens is 373 g/mol. The topological polar surface area (TPSA) is 34.0 Å². The molecule has 0 spiro atoms. The van der Waals surface area contributed by atoms with Crippen LogP contribution in [0, 0.1) is 0 Å². The first-order valence-electron chi connectivity index (χ1n) is 7.64. The summed E-state index contributed by atoms with van der Waals surface area (Å²) in [5, 5.41) is 2.82. The van der Waals surface area contributed by atoms with Gasteiger partial charge in [0, 0.05) is 28.7 Å². The summed E-state index contributed by atoms with van der Waals surface area (Å²) in [5.41, 5.74) is 0.203. The lowest BCUT2D eigenvalue weighted by Gasteiger charge is -2.21. The van der Waals surface area contributed by atoms with Gasteiger partial charge < -0.3 is 9.88 Å². The third kappa shape index (κ3) is 7.13. The maximum Gasteiger partial charge on any atom is 0.407 e. The first-order chi connectivity index (χ1) is 11.7. The van der Waals surface area contributed by atoms with Crippen molar-refractivity contribution in [2.45, 2.75) is 37.5 Å². The quantitative estimate of drug-likeness (QED) is 0.739. The summed E-state index contributed by atoms with van der Waals surface area (Å²) < 4.78 is 39.4. The molecule has 2 aromatic rings. The van der Waals surface area contributed by atoms with Gasteiger partial charge in [-0.3, -0.25) is 4.79 Å². The van der Waals surface area contributed by atoms with Crippen LogP contribution in [0.1, 0.15) is 25.5 Å². The minimum Gasteiger partial charge on any atom is -0.315 e. The summed E-state index contributed by atoms with van der Waals surface area (Å²) in [6.07, 6.45) is -2.56. The number of rotatable bonds is 4. The standard InChI is InChI=1S/C10H11ClF3N.C7H9NOS/c1-2-15-9(10(12,13)14)7-3-5-8(11)6-4-7;1-2-8-5-6(10)3-4-7(8)9/h3-6,9,15H,2H2,1H3;3-5,10H,2H2,1H3/t9-;/m1./s1. The Kier molecular flexibility index (Phi) is 8.55. The van der Waals surface area contributed by atoms with Gasteiger partial charge in [0.25, 0.3) is 5.56 Å². The van der Waals surface area contributed by atoms with Gasteiger partial charge in [-0.25, -0.2) is 0 Å². The van der Waals surface area contributed by atoms with Crippen LogP contribution < -0.4 is 10.9 Å². The normalized spacial score (nSPS) is 12.3. The van der Waals surface area contributed by atoms with Gasteiger partial charge in [0.15, 0.2) is 0 Å². The van der Waals surface area contributed by atoms with E-state index < -0.39 is 12.2 Å². The smallest absolute Gasteiger partial charge is 0.315 e. The number of aromatic nitrogens is 1. The fourth-order valence-electron chi connectivity index (χ4n) is 2.05. The second kappa shape index (κ2) is 9.89. The first kappa shape index (κ1) is 21.6. The van der Waals surface area contributed by atoms with Crippen molar-refractivity contribution < 1.29 is 13.2 Å². The Morgan fingerprint density at radius 3 is 2.20 bits per heavy atom. The largest absolute Gasteiger partial charge is 0.407 e. The molecule has 3 nitrogen and oxygen atoms in total. The molecule has 0 unspecified atom stereocenters. The molecule has 0 radical (unpaired) electrons. The number of hydrogen-bond donors (Lipinski definition) is 2. The highest BCUT2D eigenvalue weighted by molar-refractivity contribution is 7.80. The van der Waals surface area contributed by atoms with Gasteiger partial charge in [-0.15, -0.1) is 12.6 Å². The van der Waals surface area contributed by atoms with Crippen molar-refractivity contribution in [2.75, 3.05) is 6.54 Å². The Morgan fingerprint density at radius 2 is 1.76 bits per heavy atom. The number of hydrogen-bond acceptors (Lipinski definition) is 3. The summed E-state index contributed by atoms with van der Waals surface area (Å²) in [6, 6.07) is 7.25. The van der Waals surface area contributed by atoms with Crippen LogP contribution in [0.2, 0.25) is 5.02 Å². The molecule has 0 saturated heterocycles. The van der Waals surface area contributed by atoms with Gasteiger partial charge >= 0.3 is 6.18 Å². The second-order valence-electron chi connectivity index (χ2n) is 5.10. The number of pyridine rings is 1. The molecule has 0 aliphatic heterocycles. The van der Waals surface area contributed by atoms with E-state index in [1.807, 2.05) is 6.92 Å². The monoisotopic (exact) mass is 392 g/mol. The van der Waals surface area contributed by atoms with Gasteiger partial charge in [0.05, 0.1) is 0 Å². The SMILES string of the molecule is CCN[C@H](c1ccc(Cl)cc1)C(F)(F)F.CCn1cc(S)ccc1=O. The third-order valence-electron chi connectivity index (χ3n) is 3.25. The summed E-state index contributed by atoms with van der Waals surface area (Å²) >= 11 is 9.70. The lowest BCUT2D eigenvalue weighted by atomic mass is 10.1. The Balaban J connectivity index is 0.000000271. The molecule has 1 heterocycles. The third-order valence-corrected chi connectivity index (χ3v) is 3.76. The molecule has 0 bridgehead atoms. The van der Waals surface area contributed by atoms with Gasteiger partial charge in [0.2, 0.25) is 0 Å². The number of nitrogens with one attached hydrogen (secondary N) is 1. The van der Waals surface area contributed by atoms with E-state index in [1.54, 1.807) is 23.8 Å². The molecule has 2 rings (SSSR count). The molecule has 1 atom stereocenters. The number of benzene rings is 1. The minimum atomic E-state index is -4.29. The minimum absolute atomic E-state index is 0.0281. The zero-order chi connectivity index (χ0) is 19.0. The molecular formula is C17H20ClF3N2OS. The van der Waals surface area contributed by atoms with Crippen molar-refractivity contribution in [1.29, 1.82) is 0 Å². The van der Waals surface area contributed by atoms with E-state index in [9.17, 15) is 18.0 Å². The van der Waals surface area contributed by atoms with Crippen molar-refractivity contribution in [3.05, 3.63) is 63.5 Å². The van der Waals surface area contributed by atoms with Crippen LogP contribution in [-0.4, -0.2) is 17.3 Å². The molecule has 25 heavy (non-hydrogen) atoms. The van der Waals surface area contributed by atoms with Crippen LogP contribution in [0.4, 0.5) is 13.2 Å². The molecule has 8 heteroatoms. The van der Waals surface area contributed by atoms with Crippen molar-refractivity contribution in [3.63, 3.8) is 0 Å². The number of alkyl halides is 3. The van der Waals surface area contributed by atoms with Crippen molar-refractivity contribution in [3.8, 4) is 0 Å². The Bertz CT molecular complexity index is 717. The summed E-state index contributed by atoms with van der Waals surface area (Å²) in [4.78, 5) is 11.8. The molecule has 138 valence electrons. The van der Waals surface area contributed by atoms with E-state index in [1.165, 1.54) is 30.3 Å². The number of nitrogens with zero attached hydrogens (tertiary/aromatic N) is 1. The van der Waals surface area contributed by atoms with Gasteiger partial charge in [-0.1, -0.05) is 30.7 Å². The molecule has 0 fully saturated rings. The van der Waals surface area contributed by atoms with Gasteiger partial charge in [-0.05, 0) is 37.2 Å². The summed E-state index contributed by atoms with van der Waals surface area (Å²) in [6.45, 7) is 4.52. The lowest BCUT2D eigenvalue weighted by Crippen LogP contribution is -2.33. The van der Waals surface area contributed by atoms with E-state index in [2.05, 4.69) is 17.9 Å². The van der Waals surface area contributed by atoms with Crippen LogP contribution in [0.15, 0.2) is 52.3 Å². The van der Waals surface area contributed by atoms with E-state index in [0.29, 0.717) is 11.6 Å². The van der Waals surface area contributed by atoms with Crippen molar-refractivity contribution in [1.82, 2.24) is 9.88 Å². The van der Waals surface area contributed by atoms with Crippen LogP contribution in [-0.2, 0) is 6.54 Å². The maximum atomic E-state index is 12.6. The zero-order valence-electron chi connectivity index (χ0n) is 13.8. The van der Waals surface area contributed by atoms with Crippen molar-refractivity contribution >= 4 is 24.2 Å². The molecule has 1 aromatic carbocycles. The van der Waals surface area contributed by atoms with Crippen molar-refractivity contribution in [2.24, 2.45) is 0 Å². The van der Waals surface area contributed by atoms with Gasteiger partial charge in [-0.2, -0.15) is 13.2 Å². The highest BCUT2D eigenvalue weighted by atomic mass is 35.5. The Hall–Kier alpha value is -1.44. The maximum absolute atomic E-state index is 12.6. The van der Waals surface area contributed by atoms with E-state index in [4.69, 9.17) is 11.6 Å². The molecule has 0 aliphatic rings. The van der Waals surface area contributed by atoms with Crippen LogP contribution in [0.25, 0.3) is 0 Å². The van der Waals surface area contributed by atoms with E-state index >= 15 is 0 Å². The molecule has 1 aromatic heterocycles. The zero-order valence-corrected chi connectivity index (χ0v) is 15.5. The molecule has 0 aliphatic carbocycles. The first-order valence-corrected chi connectivity index (χ1v) is 8.46. The summed E-state index contributed by atoms with van der Waals surface area (Å²) in [7, 11) is 0. The number of halogens is 4. The fourth-order valence-corrected chi connectivity index (χ4v) is 2.39. The lowest BCUT2D eigenvalue weighted by molar-refractivity contribution is -0.157. The summed E-state index contributed by atoms with van der Waals surface area (Å²) in [5.74, 6) is 0. The number of aryl methyl sites for hydroxylation is 1. The number of thiol groups is 1. The molecule has 0 saturated carbocycles. The predicted octanol–water partition coefficient (Wildman–Crippen LogP) is 4.71. The average molecular weight is 393 g/mol. The molecule has 1 N–H and O–H groups in total. The van der Waals surface area contributed by atoms with Crippen LogP contribution >= 0.6 is 24.2 Å². The van der Waals surface area contributed by atoms with Gasteiger partial charge in [0.1, 0.15) is 6.04 Å². The van der Waals surface area contributed by atoms with Crippen LogP contribution in [0.5, 0.6) is 0 Å². The second-order valence-corrected chi connectivity index (χ2v) is 6.05.